The van der Waals surface area contributed by atoms with E-state index in [1.165, 1.54) is 0 Å². The minimum absolute atomic E-state index is 0.399. The van der Waals surface area contributed by atoms with Gasteiger partial charge in [0.2, 0.25) is 0 Å². The summed E-state index contributed by atoms with van der Waals surface area (Å²) in [5.41, 5.74) is 3.51. The van der Waals surface area contributed by atoms with E-state index in [9.17, 15) is 0 Å². The second-order valence-corrected chi connectivity index (χ2v) is 6.77. The molecule has 6 heteroatoms. The van der Waals surface area contributed by atoms with Gasteiger partial charge < -0.3 is 15.2 Å². The van der Waals surface area contributed by atoms with Crippen LogP contribution in [0.1, 0.15) is 13.3 Å². The first kappa shape index (κ1) is 15.1. The highest BCUT2D eigenvalue weighted by molar-refractivity contribution is 5.78. The summed E-state index contributed by atoms with van der Waals surface area (Å²) in [6.07, 6.45) is 6.64. The quantitative estimate of drug-likeness (QED) is 0.776. The first-order chi connectivity index (χ1) is 11.7. The molecule has 124 valence electrons. The highest BCUT2D eigenvalue weighted by Gasteiger charge is 2.23. The molecule has 6 nitrogen and oxygen atoms in total. The summed E-state index contributed by atoms with van der Waals surface area (Å²) in [5.74, 6) is 1.57. The van der Waals surface area contributed by atoms with Crippen LogP contribution >= 0.6 is 0 Å². The number of nitrogens with zero attached hydrogens (tertiary/aromatic N) is 4. The lowest BCUT2D eigenvalue weighted by molar-refractivity contribution is 0.207. The number of aromatic amines is 1. The number of hydrogen-bond acceptors (Lipinski definition) is 5. The summed E-state index contributed by atoms with van der Waals surface area (Å²) >= 11 is 0. The number of pyridine rings is 1. The minimum atomic E-state index is 0.399. The molecule has 3 aromatic rings. The standard InChI is InChI=1S/C18H22N6/c1-12-8-13(11-24(2)10-12)22-17-14(4-3-6-19-17)16-9-21-18-15(23-16)5-7-20-18/h3-7,9,12-13H,8,10-11H2,1-2H3,(H,19,22)(H,20,21)/t12-,13-/m0/s1. The lowest BCUT2D eigenvalue weighted by Crippen LogP contribution is -2.43. The number of hydrogen-bond donors (Lipinski definition) is 2. The number of fused-ring (bicyclic) bond motifs is 1. The van der Waals surface area contributed by atoms with Crippen molar-refractivity contribution in [3.63, 3.8) is 0 Å². The molecule has 1 saturated heterocycles. The maximum Gasteiger partial charge on any atom is 0.156 e. The highest BCUT2D eigenvalue weighted by atomic mass is 15.2. The third-order valence-electron chi connectivity index (χ3n) is 4.53. The number of anilines is 1. The van der Waals surface area contributed by atoms with Crippen molar-refractivity contribution in [3.8, 4) is 11.3 Å². The maximum atomic E-state index is 4.70. The second-order valence-electron chi connectivity index (χ2n) is 6.77. The molecule has 0 aromatic carbocycles. The van der Waals surface area contributed by atoms with E-state index in [4.69, 9.17) is 4.98 Å². The Bertz CT molecular complexity index is 832. The molecule has 0 saturated carbocycles. The van der Waals surface area contributed by atoms with Gasteiger partial charge in [-0.15, -0.1) is 0 Å². The third-order valence-corrected chi connectivity index (χ3v) is 4.53. The van der Waals surface area contributed by atoms with Crippen molar-refractivity contribution < 1.29 is 0 Å². The molecule has 0 amide bonds. The van der Waals surface area contributed by atoms with E-state index in [1.54, 1.807) is 6.20 Å². The van der Waals surface area contributed by atoms with Gasteiger partial charge in [0.25, 0.3) is 0 Å². The summed E-state index contributed by atoms with van der Waals surface area (Å²) in [6, 6.07) is 6.33. The minimum Gasteiger partial charge on any atom is -0.365 e. The van der Waals surface area contributed by atoms with Gasteiger partial charge in [0.05, 0.1) is 11.9 Å². The van der Waals surface area contributed by atoms with Gasteiger partial charge in [0.1, 0.15) is 11.3 Å². The molecule has 2 atom stereocenters. The number of H-pyrrole nitrogens is 1. The Labute approximate surface area is 141 Å². The monoisotopic (exact) mass is 322 g/mol. The number of aromatic nitrogens is 4. The van der Waals surface area contributed by atoms with E-state index in [0.29, 0.717) is 12.0 Å². The van der Waals surface area contributed by atoms with Crippen molar-refractivity contribution in [2.75, 3.05) is 25.5 Å². The van der Waals surface area contributed by atoms with Crippen LogP contribution in [0.4, 0.5) is 5.82 Å². The number of likely N-dealkylation sites (tertiary alicyclic amines) is 1. The Kier molecular flexibility index (Phi) is 3.90. The zero-order valence-electron chi connectivity index (χ0n) is 14.0. The van der Waals surface area contributed by atoms with E-state index in [-0.39, 0.29) is 0 Å². The first-order valence-corrected chi connectivity index (χ1v) is 8.39. The summed E-state index contributed by atoms with van der Waals surface area (Å²) in [6.45, 7) is 4.49. The van der Waals surface area contributed by atoms with Crippen molar-refractivity contribution >= 4 is 17.0 Å². The fourth-order valence-corrected chi connectivity index (χ4v) is 3.60. The lowest BCUT2D eigenvalue weighted by Gasteiger charge is -2.34. The van der Waals surface area contributed by atoms with Crippen LogP contribution in [0.5, 0.6) is 0 Å². The van der Waals surface area contributed by atoms with Crippen LogP contribution in [0.2, 0.25) is 0 Å². The van der Waals surface area contributed by atoms with E-state index >= 15 is 0 Å². The fraction of sp³-hybridized carbons (Fsp3) is 0.389. The number of piperidine rings is 1. The number of nitrogens with one attached hydrogen (secondary N) is 2. The zero-order chi connectivity index (χ0) is 16.5. The molecule has 1 fully saturated rings. The predicted molar refractivity (Wildman–Crippen MR) is 95.8 cm³/mol. The average Bonchev–Trinajstić information content (AvgIpc) is 3.02. The molecule has 3 aromatic heterocycles. The molecule has 0 bridgehead atoms. The third kappa shape index (κ3) is 2.97. The van der Waals surface area contributed by atoms with Crippen LogP contribution in [-0.4, -0.2) is 51.0 Å². The average molecular weight is 322 g/mol. The van der Waals surface area contributed by atoms with Gasteiger partial charge in [-0.1, -0.05) is 6.92 Å². The Morgan fingerprint density at radius 1 is 1.25 bits per heavy atom. The van der Waals surface area contributed by atoms with Crippen LogP contribution in [-0.2, 0) is 0 Å². The second kappa shape index (κ2) is 6.20. The zero-order valence-corrected chi connectivity index (χ0v) is 14.0. The van der Waals surface area contributed by atoms with Crippen molar-refractivity contribution in [2.24, 2.45) is 5.92 Å². The number of rotatable bonds is 3. The Hall–Kier alpha value is -2.47. The van der Waals surface area contributed by atoms with Crippen molar-refractivity contribution in [1.29, 1.82) is 0 Å². The largest absolute Gasteiger partial charge is 0.365 e. The van der Waals surface area contributed by atoms with Crippen LogP contribution in [0.15, 0.2) is 36.8 Å². The molecule has 1 aliphatic heterocycles. The molecule has 4 rings (SSSR count). The normalized spacial score (nSPS) is 21.9. The SMILES string of the molecule is C[C@H]1C[C@H](Nc2ncccc2-c2cnc3[nH]ccc3n2)CN(C)C1. The molecule has 0 spiro atoms. The van der Waals surface area contributed by atoms with Gasteiger partial charge >= 0.3 is 0 Å². The maximum absolute atomic E-state index is 4.70. The summed E-state index contributed by atoms with van der Waals surface area (Å²) in [7, 11) is 2.18. The predicted octanol–water partition coefficient (Wildman–Crippen LogP) is 2.77. The molecule has 0 radical (unpaired) electrons. The van der Waals surface area contributed by atoms with Crippen molar-refractivity contribution in [2.45, 2.75) is 19.4 Å². The van der Waals surface area contributed by atoms with E-state index in [0.717, 1.165) is 47.7 Å². The molecular formula is C18H22N6. The van der Waals surface area contributed by atoms with Gasteiger partial charge in [0, 0.05) is 37.1 Å². The molecule has 0 unspecified atom stereocenters. The molecular weight excluding hydrogens is 300 g/mol. The van der Waals surface area contributed by atoms with E-state index < -0.39 is 0 Å². The molecule has 4 heterocycles. The van der Waals surface area contributed by atoms with Crippen molar-refractivity contribution in [3.05, 3.63) is 36.8 Å². The van der Waals surface area contributed by atoms with E-state index in [2.05, 4.69) is 39.1 Å². The van der Waals surface area contributed by atoms with Crippen LogP contribution < -0.4 is 5.32 Å². The van der Waals surface area contributed by atoms with Crippen molar-refractivity contribution in [1.82, 2.24) is 24.8 Å². The van der Waals surface area contributed by atoms with Gasteiger partial charge in [-0.05, 0) is 37.6 Å². The Morgan fingerprint density at radius 2 is 2.17 bits per heavy atom. The number of likely N-dealkylation sites (N-methyl/N-ethyl adjacent to an activating group) is 1. The van der Waals surface area contributed by atoms with Gasteiger partial charge in [0.15, 0.2) is 5.65 Å². The summed E-state index contributed by atoms with van der Waals surface area (Å²) in [5, 5.41) is 3.62. The van der Waals surface area contributed by atoms with Gasteiger partial charge in [-0.2, -0.15) is 0 Å². The highest BCUT2D eigenvalue weighted by Crippen LogP contribution is 2.27. The van der Waals surface area contributed by atoms with Gasteiger partial charge in [-0.25, -0.2) is 15.0 Å². The fourth-order valence-electron chi connectivity index (χ4n) is 3.60. The van der Waals surface area contributed by atoms with Crippen LogP contribution in [0, 0.1) is 5.92 Å². The lowest BCUT2D eigenvalue weighted by atomic mass is 9.96. The van der Waals surface area contributed by atoms with Crippen LogP contribution in [0.25, 0.3) is 22.4 Å². The topological polar surface area (TPSA) is 69.7 Å². The molecule has 24 heavy (non-hydrogen) atoms. The molecule has 0 aliphatic carbocycles. The van der Waals surface area contributed by atoms with Crippen LogP contribution in [0.3, 0.4) is 0 Å². The summed E-state index contributed by atoms with van der Waals surface area (Å²) < 4.78 is 0. The first-order valence-electron chi connectivity index (χ1n) is 8.39. The Morgan fingerprint density at radius 3 is 3.04 bits per heavy atom. The summed E-state index contributed by atoms with van der Waals surface area (Å²) in [4.78, 5) is 19.2. The smallest absolute Gasteiger partial charge is 0.156 e. The van der Waals surface area contributed by atoms with E-state index in [1.807, 2.05) is 30.6 Å². The Balaban J connectivity index is 1.65. The van der Waals surface area contributed by atoms with Gasteiger partial charge in [-0.3, -0.25) is 0 Å². The molecule has 2 N–H and O–H groups in total. The molecule has 1 aliphatic rings.